The van der Waals surface area contributed by atoms with Crippen LogP contribution in [0.1, 0.15) is 28.8 Å². The van der Waals surface area contributed by atoms with E-state index in [1.165, 1.54) is 33.3 Å². The maximum Gasteiger partial charge on any atom is 0.218 e. The summed E-state index contributed by atoms with van der Waals surface area (Å²) in [5, 5.41) is 1.21. The van der Waals surface area contributed by atoms with Gasteiger partial charge in [-0.05, 0) is 48.2 Å². The second-order valence-corrected chi connectivity index (χ2v) is 11.0. The Bertz CT molecular complexity index is 1490. The molecule has 0 aliphatic carbocycles. The van der Waals surface area contributed by atoms with E-state index in [1.807, 2.05) is 42.5 Å². The maximum atomic E-state index is 13.0. The lowest BCUT2D eigenvalue weighted by molar-refractivity contribution is 0.414. The molecule has 0 amide bonds. The van der Waals surface area contributed by atoms with Crippen molar-refractivity contribution in [1.82, 2.24) is 8.87 Å². The molecule has 4 aromatic rings. The van der Waals surface area contributed by atoms with E-state index in [0.717, 1.165) is 17.9 Å². The number of hydrogen-bond donors (Lipinski definition) is 0. The molecule has 5 nitrogen and oxygen atoms in total. The first-order chi connectivity index (χ1) is 17.0. The second kappa shape index (κ2) is 9.72. The number of hydrogen-bond acceptors (Lipinski definition) is 3. The van der Waals surface area contributed by atoms with Crippen LogP contribution in [0, 0.1) is 6.92 Å². The van der Waals surface area contributed by atoms with Crippen molar-refractivity contribution in [2.45, 2.75) is 25.6 Å². The molecule has 1 aliphatic heterocycles. The third kappa shape index (κ3) is 4.77. The molecule has 1 aromatic heterocycles. The number of para-hydroxylation sites is 1. The largest absolute Gasteiger partial charge is 0.497 e. The summed E-state index contributed by atoms with van der Waals surface area (Å²) in [5.41, 5.74) is 6.82. The molecule has 0 saturated carbocycles. The van der Waals surface area contributed by atoms with Crippen molar-refractivity contribution < 1.29 is 13.2 Å². The molecule has 6 heteroatoms. The molecule has 180 valence electrons. The molecule has 0 fully saturated rings. The Morgan fingerprint density at radius 1 is 0.914 bits per heavy atom. The van der Waals surface area contributed by atoms with E-state index in [-0.39, 0.29) is 5.75 Å². The Hall–Kier alpha value is -3.35. The fourth-order valence-corrected chi connectivity index (χ4v) is 6.47. The monoisotopic (exact) mass is 486 g/mol. The molecule has 35 heavy (non-hydrogen) atoms. The van der Waals surface area contributed by atoms with Gasteiger partial charge in [-0.3, -0.25) is 0 Å². The van der Waals surface area contributed by atoms with Crippen molar-refractivity contribution in [2.75, 3.05) is 20.2 Å². The van der Waals surface area contributed by atoms with Gasteiger partial charge in [-0.25, -0.2) is 8.42 Å². The predicted molar refractivity (Wildman–Crippen MR) is 142 cm³/mol. The van der Waals surface area contributed by atoms with Crippen LogP contribution in [0.15, 0.2) is 84.9 Å². The van der Waals surface area contributed by atoms with E-state index in [2.05, 4.69) is 54.0 Å². The number of fused-ring (bicyclic) bond motifs is 1. The third-order valence-electron chi connectivity index (χ3n) is 6.78. The molecule has 0 spiro atoms. The van der Waals surface area contributed by atoms with E-state index in [1.54, 1.807) is 11.4 Å². The quantitative estimate of drug-likeness (QED) is 0.340. The van der Waals surface area contributed by atoms with Gasteiger partial charge in [0.15, 0.2) is 0 Å². The Labute approximate surface area is 207 Å². The van der Waals surface area contributed by atoms with Gasteiger partial charge in [-0.2, -0.15) is 4.31 Å². The molecule has 0 unspecified atom stereocenters. The van der Waals surface area contributed by atoms with Crippen LogP contribution in [0.5, 0.6) is 5.75 Å². The summed E-state index contributed by atoms with van der Waals surface area (Å²) in [6.07, 6.45) is 2.79. The lowest BCUT2D eigenvalue weighted by Crippen LogP contribution is -2.35. The number of sulfonamides is 1. The van der Waals surface area contributed by atoms with Crippen molar-refractivity contribution in [2.24, 2.45) is 0 Å². The summed E-state index contributed by atoms with van der Waals surface area (Å²) in [7, 11) is -1.68. The van der Waals surface area contributed by atoms with Crippen LogP contribution in [0.4, 0.5) is 0 Å². The predicted octanol–water partition coefficient (Wildman–Crippen LogP) is 5.63. The summed E-state index contributed by atoms with van der Waals surface area (Å²) in [5.74, 6) is 0.888. The number of rotatable bonds is 7. The standard InChI is InChI=1S/C29H30N2O3S/c1-22-29(25-15-17-30(18-16-25)35(32,33)21-23-9-4-3-5-10-23)27-13-6-7-14-28(27)31(22)20-24-11-8-12-26(19-24)34-2/h3-15,19H,16-18,20-21H2,1-2H3. The van der Waals surface area contributed by atoms with E-state index in [0.29, 0.717) is 19.5 Å². The van der Waals surface area contributed by atoms with Crippen LogP contribution in [0.3, 0.4) is 0 Å². The Kier molecular flexibility index (Phi) is 6.50. The van der Waals surface area contributed by atoms with Crippen LogP contribution in [-0.2, 0) is 22.3 Å². The fourth-order valence-electron chi connectivity index (χ4n) is 5.00. The highest BCUT2D eigenvalue weighted by Crippen LogP contribution is 2.35. The molecule has 0 atom stereocenters. The lowest BCUT2D eigenvalue weighted by Gasteiger charge is -2.26. The minimum atomic E-state index is -3.37. The zero-order chi connectivity index (χ0) is 24.4. The van der Waals surface area contributed by atoms with Crippen LogP contribution >= 0.6 is 0 Å². The average molecular weight is 487 g/mol. The molecule has 0 N–H and O–H groups in total. The molecule has 0 bridgehead atoms. The van der Waals surface area contributed by atoms with Gasteiger partial charge >= 0.3 is 0 Å². The summed E-state index contributed by atoms with van der Waals surface area (Å²) in [6.45, 7) is 3.80. The fraction of sp³-hybridized carbons (Fsp3) is 0.241. The summed E-state index contributed by atoms with van der Waals surface area (Å²) >= 11 is 0. The van der Waals surface area contributed by atoms with Crippen molar-refractivity contribution in [1.29, 1.82) is 0 Å². The number of benzene rings is 3. The first-order valence-corrected chi connectivity index (χ1v) is 13.5. The summed E-state index contributed by atoms with van der Waals surface area (Å²) in [4.78, 5) is 0. The molecule has 5 rings (SSSR count). The Morgan fingerprint density at radius 2 is 1.66 bits per heavy atom. The number of methoxy groups -OCH3 is 1. The molecule has 0 radical (unpaired) electrons. The zero-order valence-electron chi connectivity index (χ0n) is 20.1. The van der Waals surface area contributed by atoms with Gasteiger partial charge in [0, 0.05) is 41.8 Å². The SMILES string of the molecule is COc1cccc(Cn2c(C)c(C3=CCN(S(=O)(=O)Cc4ccccc4)CC3)c3ccccc32)c1. The highest BCUT2D eigenvalue weighted by Gasteiger charge is 2.27. The normalized spacial score (nSPS) is 14.7. The lowest BCUT2D eigenvalue weighted by atomic mass is 9.97. The minimum Gasteiger partial charge on any atom is -0.497 e. The number of nitrogens with zero attached hydrogens (tertiary/aromatic N) is 2. The first-order valence-electron chi connectivity index (χ1n) is 11.9. The molecule has 1 aliphatic rings. The average Bonchev–Trinajstić information content (AvgIpc) is 3.15. The van der Waals surface area contributed by atoms with Crippen molar-refractivity contribution in [3.8, 4) is 5.75 Å². The number of aromatic nitrogens is 1. The van der Waals surface area contributed by atoms with Gasteiger partial charge in [0.25, 0.3) is 0 Å². The van der Waals surface area contributed by atoms with Gasteiger partial charge in [-0.1, -0.05) is 66.7 Å². The van der Waals surface area contributed by atoms with Gasteiger partial charge in [0.1, 0.15) is 5.75 Å². The van der Waals surface area contributed by atoms with E-state index in [4.69, 9.17) is 4.74 Å². The zero-order valence-corrected chi connectivity index (χ0v) is 21.0. The first kappa shape index (κ1) is 23.4. The smallest absolute Gasteiger partial charge is 0.218 e. The van der Waals surface area contributed by atoms with Crippen molar-refractivity contribution >= 4 is 26.5 Å². The van der Waals surface area contributed by atoms with Gasteiger partial charge in [0.05, 0.1) is 12.9 Å². The maximum absolute atomic E-state index is 13.0. The van der Waals surface area contributed by atoms with Crippen LogP contribution in [-0.4, -0.2) is 37.5 Å². The van der Waals surface area contributed by atoms with E-state index < -0.39 is 10.0 Å². The van der Waals surface area contributed by atoms with Crippen LogP contribution in [0.25, 0.3) is 16.5 Å². The minimum absolute atomic E-state index is 0.0376. The second-order valence-electron chi connectivity index (χ2n) is 8.99. The third-order valence-corrected chi connectivity index (χ3v) is 8.60. The van der Waals surface area contributed by atoms with Crippen molar-refractivity contribution in [3.63, 3.8) is 0 Å². The highest BCUT2D eigenvalue weighted by molar-refractivity contribution is 7.88. The van der Waals surface area contributed by atoms with Gasteiger partial charge in [0.2, 0.25) is 10.0 Å². The van der Waals surface area contributed by atoms with E-state index >= 15 is 0 Å². The molecule has 0 saturated heterocycles. The number of ether oxygens (including phenoxy) is 1. The summed E-state index contributed by atoms with van der Waals surface area (Å²) < 4.78 is 35.4. The highest BCUT2D eigenvalue weighted by atomic mass is 32.2. The van der Waals surface area contributed by atoms with Gasteiger partial charge < -0.3 is 9.30 Å². The molecular weight excluding hydrogens is 456 g/mol. The molecular formula is C29H30N2O3S. The van der Waals surface area contributed by atoms with Crippen LogP contribution in [0.2, 0.25) is 0 Å². The van der Waals surface area contributed by atoms with Gasteiger partial charge in [-0.15, -0.1) is 0 Å². The molecule has 3 aromatic carbocycles. The van der Waals surface area contributed by atoms with Crippen LogP contribution < -0.4 is 4.74 Å². The summed E-state index contributed by atoms with van der Waals surface area (Å²) in [6, 6.07) is 26.0. The van der Waals surface area contributed by atoms with E-state index in [9.17, 15) is 8.42 Å². The van der Waals surface area contributed by atoms with Crippen molar-refractivity contribution in [3.05, 3.63) is 107 Å². The molecule has 2 heterocycles. The Balaban J connectivity index is 1.44. The Morgan fingerprint density at radius 3 is 2.40 bits per heavy atom. The topological polar surface area (TPSA) is 51.5 Å².